The third-order valence-electron chi connectivity index (χ3n) is 3.87. The number of nitrogens with one attached hydrogen (secondary N) is 1. The van der Waals surface area contributed by atoms with Gasteiger partial charge in [-0.2, -0.15) is 0 Å². The minimum absolute atomic E-state index is 0.0253. The van der Waals surface area contributed by atoms with Crippen molar-refractivity contribution >= 4 is 11.1 Å². The Morgan fingerprint density at radius 2 is 2.21 bits per heavy atom. The van der Waals surface area contributed by atoms with Crippen molar-refractivity contribution in [3.8, 4) is 0 Å². The van der Waals surface area contributed by atoms with Crippen LogP contribution < -0.4 is 11.1 Å². The normalized spacial score (nSPS) is 17.6. The van der Waals surface area contributed by atoms with E-state index in [1.165, 1.54) is 5.56 Å². The van der Waals surface area contributed by atoms with Gasteiger partial charge in [0.25, 0.3) is 0 Å². The summed E-state index contributed by atoms with van der Waals surface area (Å²) in [4.78, 5) is 11.5. The number of aromatic nitrogens is 1. The second kappa shape index (κ2) is 4.51. The molecule has 1 aromatic heterocycles. The largest absolute Gasteiger partial charge is 0.419 e. The molecule has 102 valence electrons. The quantitative estimate of drug-likeness (QED) is 0.893. The molecular weight excluding hydrogens is 244 g/mol. The lowest BCUT2D eigenvalue weighted by Crippen LogP contribution is -2.53. The van der Waals surface area contributed by atoms with Crippen molar-refractivity contribution in [2.45, 2.75) is 12.3 Å². The number of benzene rings is 1. The highest BCUT2D eigenvalue weighted by molar-refractivity contribution is 5.74. The van der Waals surface area contributed by atoms with E-state index in [0.29, 0.717) is 5.58 Å². The van der Waals surface area contributed by atoms with Gasteiger partial charge >= 0.3 is 5.76 Å². The molecule has 0 bridgehead atoms. The maximum atomic E-state index is 11.5. The molecule has 0 amide bonds. The van der Waals surface area contributed by atoms with E-state index in [0.717, 1.165) is 31.8 Å². The van der Waals surface area contributed by atoms with Gasteiger partial charge in [0.15, 0.2) is 5.58 Å². The van der Waals surface area contributed by atoms with Crippen LogP contribution >= 0.6 is 0 Å². The molecule has 0 unspecified atom stereocenters. The zero-order valence-corrected chi connectivity index (χ0v) is 11.2. The van der Waals surface area contributed by atoms with Crippen LogP contribution in [0.15, 0.2) is 27.4 Å². The molecule has 1 N–H and O–H groups in total. The van der Waals surface area contributed by atoms with Gasteiger partial charge in [-0.05, 0) is 24.2 Å². The highest BCUT2D eigenvalue weighted by atomic mass is 16.5. The van der Waals surface area contributed by atoms with Crippen molar-refractivity contribution in [2.75, 3.05) is 26.3 Å². The number of hydrogen-bond donors (Lipinski definition) is 1. The SMILES string of the molecule is CCNCC1(c2ccc3oc(=O)n(C)c3c2)COC1. The Kier molecular flexibility index (Phi) is 2.95. The van der Waals surface area contributed by atoms with Gasteiger partial charge in [-0.1, -0.05) is 13.0 Å². The molecule has 2 aromatic rings. The number of hydrogen-bond acceptors (Lipinski definition) is 4. The first-order valence-electron chi connectivity index (χ1n) is 6.55. The maximum absolute atomic E-state index is 11.5. The first-order chi connectivity index (χ1) is 9.16. The van der Waals surface area contributed by atoms with Gasteiger partial charge in [-0.25, -0.2) is 4.79 Å². The van der Waals surface area contributed by atoms with E-state index in [9.17, 15) is 4.79 Å². The zero-order chi connectivity index (χ0) is 13.5. The number of oxazole rings is 1. The zero-order valence-electron chi connectivity index (χ0n) is 11.2. The molecule has 0 spiro atoms. The van der Waals surface area contributed by atoms with Crippen LogP contribution in [0.25, 0.3) is 11.1 Å². The minimum Gasteiger partial charge on any atom is -0.408 e. The molecule has 19 heavy (non-hydrogen) atoms. The van der Waals surface area contributed by atoms with E-state index >= 15 is 0 Å². The van der Waals surface area contributed by atoms with Gasteiger partial charge < -0.3 is 14.5 Å². The molecule has 3 rings (SSSR count). The highest BCUT2D eigenvalue weighted by Gasteiger charge is 2.40. The summed E-state index contributed by atoms with van der Waals surface area (Å²) in [6, 6.07) is 5.95. The molecular formula is C14H18N2O3. The fraction of sp³-hybridized carbons (Fsp3) is 0.500. The number of aryl methyl sites for hydroxylation is 1. The van der Waals surface area contributed by atoms with E-state index in [1.807, 2.05) is 18.2 Å². The second-order valence-corrected chi connectivity index (χ2v) is 5.16. The van der Waals surface area contributed by atoms with Crippen LogP contribution in [0, 0.1) is 0 Å². The maximum Gasteiger partial charge on any atom is 0.419 e. The summed E-state index contributed by atoms with van der Waals surface area (Å²) < 4.78 is 12.1. The summed E-state index contributed by atoms with van der Waals surface area (Å²) in [7, 11) is 1.73. The lowest BCUT2D eigenvalue weighted by molar-refractivity contribution is -0.0587. The average molecular weight is 262 g/mol. The van der Waals surface area contributed by atoms with Crippen LogP contribution in [0.3, 0.4) is 0 Å². The molecule has 1 aliphatic heterocycles. The molecule has 0 saturated carbocycles. The third-order valence-corrected chi connectivity index (χ3v) is 3.87. The number of rotatable bonds is 4. The lowest BCUT2D eigenvalue weighted by atomic mass is 9.78. The van der Waals surface area contributed by atoms with Gasteiger partial charge in [-0.15, -0.1) is 0 Å². The van der Waals surface area contributed by atoms with E-state index < -0.39 is 0 Å². The van der Waals surface area contributed by atoms with Crippen LogP contribution in [-0.2, 0) is 17.2 Å². The summed E-state index contributed by atoms with van der Waals surface area (Å²) in [5.74, 6) is -0.322. The molecule has 2 heterocycles. The molecule has 1 saturated heterocycles. The predicted molar refractivity (Wildman–Crippen MR) is 72.5 cm³/mol. The average Bonchev–Trinajstić information content (AvgIpc) is 2.64. The second-order valence-electron chi connectivity index (χ2n) is 5.16. The van der Waals surface area contributed by atoms with Crippen molar-refractivity contribution in [2.24, 2.45) is 7.05 Å². The Labute approximate surface area is 111 Å². The first kappa shape index (κ1) is 12.4. The Bertz CT molecular complexity index is 652. The van der Waals surface area contributed by atoms with Crippen LogP contribution in [0.2, 0.25) is 0 Å². The standard InChI is InChI=1S/C14H18N2O3/c1-3-15-7-14(8-18-9-14)10-4-5-12-11(6-10)16(2)13(17)19-12/h4-6,15H,3,7-9H2,1-2H3. The summed E-state index contributed by atoms with van der Waals surface area (Å²) in [5, 5.41) is 3.39. The number of fused-ring (bicyclic) bond motifs is 1. The minimum atomic E-state index is -0.322. The van der Waals surface area contributed by atoms with Crippen LogP contribution in [0.4, 0.5) is 0 Å². The molecule has 5 heteroatoms. The lowest BCUT2D eigenvalue weighted by Gasteiger charge is -2.42. The van der Waals surface area contributed by atoms with Gasteiger partial charge in [0.2, 0.25) is 0 Å². The number of ether oxygens (including phenoxy) is 1. The Morgan fingerprint density at radius 3 is 2.84 bits per heavy atom. The van der Waals surface area contributed by atoms with Crippen molar-refractivity contribution in [3.05, 3.63) is 34.3 Å². The van der Waals surface area contributed by atoms with E-state index in [2.05, 4.69) is 12.2 Å². The summed E-state index contributed by atoms with van der Waals surface area (Å²) in [5.41, 5.74) is 2.70. The van der Waals surface area contributed by atoms with Crippen molar-refractivity contribution < 1.29 is 9.15 Å². The topological polar surface area (TPSA) is 56.4 Å². The van der Waals surface area contributed by atoms with Gasteiger partial charge in [0, 0.05) is 13.6 Å². The fourth-order valence-corrected chi connectivity index (χ4v) is 2.54. The highest BCUT2D eigenvalue weighted by Crippen LogP contribution is 2.33. The van der Waals surface area contributed by atoms with Gasteiger partial charge in [0.1, 0.15) is 0 Å². The van der Waals surface area contributed by atoms with Crippen LogP contribution in [0.5, 0.6) is 0 Å². The summed E-state index contributed by atoms with van der Waals surface area (Å²) >= 11 is 0. The predicted octanol–water partition coefficient (Wildman–Crippen LogP) is 1.01. The van der Waals surface area contributed by atoms with Gasteiger partial charge in [0.05, 0.1) is 24.1 Å². The molecule has 0 aliphatic carbocycles. The summed E-state index contributed by atoms with van der Waals surface area (Å²) in [6.07, 6.45) is 0. The van der Waals surface area contributed by atoms with E-state index in [4.69, 9.17) is 9.15 Å². The van der Waals surface area contributed by atoms with E-state index in [1.54, 1.807) is 11.6 Å². The Balaban J connectivity index is 2.04. The van der Waals surface area contributed by atoms with Crippen LogP contribution in [0.1, 0.15) is 12.5 Å². The molecule has 1 aliphatic rings. The molecule has 1 fully saturated rings. The van der Waals surface area contributed by atoms with E-state index in [-0.39, 0.29) is 11.2 Å². The third kappa shape index (κ3) is 1.89. The first-order valence-corrected chi connectivity index (χ1v) is 6.55. The fourth-order valence-electron chi connectivity index (χ4n) is 2.54. The molecule has 0 radical (unpaired) electrons. The Morgan fingerprint density at radius 1 is 1.42 bits per heavy atom. The van der Waals surface area contributed by atoms with Crippen molar-refractivity contribution in [1.29, 1.82) is 0 Å². The molecule has 0 atom stereocenters. The van der Waals surface area contributed by atoms with Crippen molar-refractivity contribution in [3.63, 3.8) is 0 Å². The molecule has 1 aromatic carbocycles. The smallest absolute Gasteiger partial charge is 0.408 e. The van der Waals surface area contributed by atoms with Crippen molar-refractivity contribution in [1.82, 2.24) is 9.88 Å². The Hall–Kier alpha value is -1.59. The summed E-state index contributed by atoms with van der Waals surface area (Å²) in [6.45, 7) is 5.36. The number of likely N-dealkylation sites (N-methyl/N-ethyl adjacent to an activating group) is 1. The van der Waals surface area contributed by atoms with Gasteiger partial charge in [-0.3, -0.25) is 4.57 Å². The molecule has 5 nitrogen and oxygen atoms in total. The number of nitrogens with zero attached hydrogens (tertiary/aromatic N) is 1. The van der Waals surface area contributed by atoms with Crippen LogP contribution in [-0.4, -0.2) is 30.9 Å². The monoisotopic (exact) mass is 262 g/mol.